The Hall–Kier alpha value is -2.43. The molecule has 0 aliphatic rings. The summed E-state index contributed by atoms with van der Waals surface area (Å²) in [6.07, 6.45) is 0.692. The molecule has 0 saturated heterocycles. The van der Waals surface area contributed by atoms with Gasteiger partial charge in [0.15, 0.2) is 0 Å². The lowest BCUT2D eigenvalue weighted by Crippen LogP contribution is -2.00. The van der Waals surface area contributed by atoms with E-state index in [-0.39, 0.29) is 5.82 Å². The van der Waals surface area contributed by atoms with Crippen molar-refractivity contribution in [2.24, 2.45) is 7.05 Å². The minimum atomic E-state index is 0.180. The lowest BCUT2D eigenvalue weighted by molar-refractivity contribution is 0.747. The highest BCUT2D eigenvalue weighted by Gasteiger charge is 2.22. The summed E-state index contributed by atoms with van der Waals surface area (Å²) in [6.45, 7) is 3.91. The van der Waals surface area contributed by atoms with Crippen LogP contribution in [0.2, 0.25) is 5.15 Å². The molecule has 3 aromatic heterocycles. The maximum atomic E-state index is 9.55. The van der Waals surface area contributed by atoms with Gasteiger partial charge in [0.2, 0.25) is 0 Å². The van der Waals surface area contributed by atoms with Crippen molar-refractivity contribution >= 4 is 28.8 Å². The zero-order valence-electron chi connectivity index (χ0n) is 13.5. The van der Waals surface area contributed by atoms with Gasteiger partial charge in [0.25, 0.3) is 0 Å². The zero-order valence-corrected chi connectivity index (χ0v) is 15.0. The Labute approximate surface area is 148 Å². The molecular formula is C16H15ClN6S. The molecule has 3 rings (SSSR count). The molecule has 0 unspecified atom stereocenters. The Morgan fingerprint density at radius 2 is 2.21 bits per heavy atom. The normalized spacial score (nSPS) is 10.8. The quantitative estimate of drug-likeness (QED) is 0.772. The highest BCUT2D eigenvalue weighted by atomic mass is 35.5. The maximum Gasteiger partial charge on any atom is 0.142 e. The smallest absolute Gasteiger partial charge is 0.142 e. The molecule has 24 heavy (non-hydrogen) atoms. The van der Waals surface area contributed by atoms with Crippen LogP contribution in [0.15, 0.2) is 11.6 Å². The van der Waals surface area contributed by atoms with Crippen LogP contribution in [0.3, 0.4) is 0 Å². The predicted molar refractivity (Wildman–Crippen MR) is 95.8 cm³/mol. The van der Waals surface area contributed by atoms with Crippen molar-refractivity contribution in [3.63, 3.8) is 0 Å². The SMILES string of the molecule is CCc1nn(C)c(Cl)c1-c1cc(-c2scnc2C)nc(N)c1C#N. The van der Waals surface area contributed by atoms with E-state index < -0.39 is 0 Å². The Morgan fingerprint density at radius 1 is 1.46 bits per heavy atom. The fourth-order valence-corrected chi connectivity index (χ4v) is 3.63. The molecule has 0 aromatic carbocycles. The molecule has 0 saturated carbocycles. The fraction of sp³-hybridized carbons (Fsp3) is 0.250. The molecule has 0 amide bonds. The van der Waals surface area contributed by atoms with E-state index in [1.165, 1.54) is 11.3 Å². The second-order valence-electron chi connectivity index (χ2n) is 5.28. The average Bonchev–Trinajstić information content (AvgIpc) is 3.10. The monoisotopic (exact) mass is 358 g/mol. The lowest BCUT2D eigenvalue weighted by Gasteiger charge is -2.10. The van der Waals surface area contributed by atoms with Crippen LogP contribution >= 0.6 is 22.9 Å². The van der Waals surface area contributed by atoms with Gasteiger partial charge in [-0.2, -0.15) is 10.4 Å². The van der Waals surface area contributed by atoms with Crippen LogP contribution in [-0.2, 0) is 13.5 Å². The third kappa shape index (κ3) is 2.54. The molecule has 0 aliphatic carbocycles. The number of nitrogen functional groups attached to an aromatic ring is 1. The van der Waals surface area contributed by atoms with Gasteiger partial charge in [0.1, 0.15) is 22.6 Å². The van der Waals surface area contributed by atoms with E-state index in [9.17, 15) is 5.26 Å². The fourth-order valence-electron chi connectivity index (χ4n) is 2.61. The van der Waals surface area contributed by atoms with Crippen molar-refractivity contribution in [1.82, 2.24) is 19.7 Å². The van der Waals surface area contributed by atoms with E-state index in [1.807, 2.05) is 19.9 Å². The molecule has 8 heteroatoms. The van der Waals surface area contributed by atoms with E-state index in [1.54, 1.807) is 17.2 Å². The van der Waals surface area contributed by atoms with Gasteiger partial charge in [-0.05, 0) is 19.4 Å². The van der Waals surface area contributed by atoms with Crippen LogP contribution in [0.1, 0.15) is 23.9 Å². The number of aryl methyl sites for hydroxylation is 3. The number of halogens is 1. The van der Waals surface area contributed by atoms with Crippen molar-refractivity contribution in [3.8, 4) is 27.8 Å². The van der Waals surface area contributed by atoms with Crippen LogP contribution in [0, 0.1) is 18.3 Å². The molecule has 0 spiro atoms. The molecule has 2 N–H and O–H groups in total. The standard InChI is InChI=1S/C16H15ClN6S/c1-4-11-13(15(17)23(3)22-11)9-5-12(14-8(2)20-7-24-14)21-16(19)10(9)6-18/h5,7H,4H2,1-3H3,(H2,19,21). The van der Waals surface area contributed by atoms with E-state index in [0.29, 0.717) is 28.4 Å². The molecule has 0 atom stereocenters. The zero-order chi connectivity index (χ0) is 17.4. The molecule has 0 radical (unpaired) electrons. The van der Waals surface area contributed by atoms with Crippen molar-refractivity contribution < 1.29 is 0 Å². The number of hydrogen-bond acceptors (Lipinski definition) is 6. The van der Waals surface area contributed by atoms with E-state index >= 15 is 0 Å². The lowest BCUT2D eigenvalue weighted by atomic mass is 9.99. The summed E-state index contributed by atoms with van der Waals surface area (Å²) in [5.74, 6) is 0.180. The summed E-state index contributed by atoms with van der Waals surface area (Å²) >= 11 is 7.92. The molecule has 3 heterocycles. The largest absolute Gasteiger partial charge is 0.383 e. The molecule has 6 nitrogen and oxygen atoms in total. The summed E-state index contributed by atoms with van der Waals surface area (Å²) < 4.78 is 1.60. The first-order chi connectivity index (χ1) is 11.5. The van der Waals surface area contributed by atoms with Gasteiger partial charge >= 0.3 is 0 Å². The summed E-state index contributed by atoms with van der Waals surface area (Å²) in [6, 6.07) is 3.99. The molecule has 0 bridgehead atoms. The number of nitrogens with zero attached hydrogens (tertiary/aromatic N) is 5. The van der Waals surface area contributed by atoms with Crippen LogP contribution in [0.5, 0.6) is 0 Å². The topological polar surface area (TPSA) is 93.4 Å². The highest BCUT2D eigenvalue weighted by molar-refractivity contribution is 7.13. The number of nitriles is 1. The molecule has 0 aliphatic heterocycles. The first kappa shape index (κ1) is 16.4. The number of rotatable bonds is 3. The van der Waals surface area contributed by atoms with E-state index in [0.717, 1.165) is 21.8 Å². The second kappa shape index (κ2) is 6.23. The number of hydrogen-bond donors (Lipinski definition) is 1. The minimum Gasteiger partial charge on any atom is -0.383 e. The van der Waals surface area contributed by atoms with Crippen molar-refractivity contribution in [3.05, 3.63) is 33.7 Å². The molecule has 0 fully saturated rings. The van der Waals surface area contributed by atoms with E-state index in [2.05, 4.69) is 21.1 Å². The number of aromatic nitrogens is 4. The first-order valence-electron chi connectivity index (χ1n) is 7.30. The van der Waals surface area contributed by atoms with Gasteiger partial charge in [-0.25, -0.2) is 9.97 Å². The van der Waals surface area contributed by atoms with Gasteiger partial charge in [-0.3, -0.25) is 4.68 Å². The second-order valence-corrected chi connectivity index (χ2v) is 6.50. The first-order valence-corrected chi connectivity index (χ1v) is 8.56. The van der Waals surface area contributed by atoms with Gasteiger partial charge in [-0.15, -0.1) is 11.3 Å². The summed E-state index contributed by atoms with van der Waals surface area (Å²) in [5, 5.41) is 14.4. The highest BCUT2D eigenvalue weighted by Crippen LogP contribution is 2.38. The summed E-state index contributed by atoms with van der Waals surface area (Å²) in [7, 11) is 1.77. The Morgan fingerprint density at radius 3 is 2.79 bits per heavy atom. The van der Waals surface area contributed by atoms with Gasteiger partial charge in [0.05, 0.1) is 27.5 Å². The number of thiazole rings is 1. The number of anilines is 1. The summed E-state index contributed by atoms with van der Waals surface area (Å²) in [5.41, 5.74) is 11.9. The number of pyridine rings is 1. The van der Waals surface area contributed by atoms with Crippen LogP contribution in [0.4, 0.5) is 5.82 Å². The Kier molecular flexibility index (Phi) is 4.26. The third-order valence-corrected chi connectivity index (χ3v) is 5.18. The van der Waals surface area contributed by atoms with Crippen LogP contribution in [0.25, 0.3) is 21.7 Å². The van der Waals surface area contributed by atoms with Crippen molar-refractivity contribution in [2.45, 2.75) is 20.3 Å². The number of nitrogens with two attached hydrogens (primary N) is 1. The molecule has 122 valence electrons. The minimum absolute atomic E-state index is 0.180. The van der Waals surface area contributed by atoms with Crippen molar-refractivity contribution in [2.75, 3.05) is 5.73 Å². The maximum absolute atomic E-state index is 9.55. The van der Waals surface area contributed by atoms with Crippen LogP contribution in [-0.4, -0.2) is 19.7 Å². The van der Waals surface area contributed by atoms with Gasteiger partial charge in [-0.1, -0.05) is 18.5 Å². The van der Waals surface area contributed by atoms with Gasteiger partial charge < -0.3 is 5.73 Å². The Balaban J connectivity index is 2.34. The van der Waals surface area contributed by atoms with Crippen LogP contribution < -0.4 is 5.73 Å². The molecular weight excluding hydrogens is 344 g/mol. The van der Waals surface area contributed by atoms with Crippen molar-refractivity contribution in [1.29, 1.82) is 5.26 Å². The third-order valence-electron chi connectivity index (χ3n) is 3.79. The average molecular weight is 359 g/mol. The predicted octanol–water partition coefficient (Wildman–Crippen LogP) is 3.58. The van der Waals surface area contributed by atoms with E-state index in [4.69, 9.17) is 17.3 Å². The molecule has 3 aromatic rings. The Bertz CT molecular complexity index is 966. The van der Waals surface area contributed by atoms with Gasteiger partial charge in [0, 0.05) is 18.2 Å². The summed E-state index contributed by atoms with van der Waals surface area (Å²) in [4.78, 5) is 9.56.